The molecule has 6 nitrogen and oxygen atoms in total. The second kappa shape index (κ2) is 7.30. The predicted molar refractivity (Wildman–Crippen MR) is 102 cm³/mol. The van der Waals surface area contributed by atoms with Gasteiger partial charge in [-0.15, -0.1) is 0 Å². The molecule has 0 saturated carbocycles. The van der Waals surface area contributed by atoms with Gasteiger partial charge in [-0.05, 0) is 42.3 Å². The SMILES string of the molecule is Cc1nc(N)nc(N)c1-c1ccc(OCc2cccc(C#N)c2)c(Cl)c1. The summed E-state index contributed by atoms with van der Waals surface area (Å²) in [5, 5.41) is 9.39. The van der Waals surface area contributed by atoms with Crippen molar-refractivity contribution in [1.82, 2.24) is 9.97 Å². The molecular formula is C19H16ClN5O. The van der Waals surface area contributed by atoms with Crippen molar-refractivity contribution in [3.05, 3.63) is 64.3 Å². The smallest absolute Gasteiger partial charge is 0.222 e. The molecule has 4 N–H and O–H groups in total. The highest BCUT2D eigenvalue weighted by Crippen LogP contribution is 2.34. The number of aromatic nitrogens is 2. The minimum atomic E-state index is 0.134. The molecule has 0 bridgehead atoms. The number of nitrogen functional groups attached to an aromatic ring is 2. The van der Waals surface area contributed by atoms with Crippen LogP contribution in [0.25, 0.3) is 11.1 Å². The van der Waals surface area contributed by atoms with Gasteiger partial charge in [0, 0.05) is 5.56 Å². The zero-order valence-electron chi connectivity index (χ0n) is 14.0. The van der Waals surface area contributed by atoms with Crippen LogP contribution in [0.4, 0.5) is 11.8 Å². The molecule has 3 rings (SSSR count). The van der Waals surface area contributed by atoms with Crippen LogP contribution in [0.3, 0.4) is 0 Å². The normalized spacial score (nSPS) is 10.3. The van der Waals surface area contributed by atoms with Crippen LogP contribution >= 0.6 is 11.6 Å². The van der Waals surface area contributed by atoms with Crippen LogP contribution in [-0.4, -0.2) is 9.97 Å². The molecule has 130 valence electrons. The predicted octanol–water partition coefficient (Wildman–Crippen LogP) is 3.72. The first-order valence-corrected chi connectivity index (χ1v) is 8.17. The maximum absolute atomic E-state index is 8.95. The van der Waals surface area contributed by atoms with Gasteiger partial charge in [-0.2, -0.15) is 10.2 Å². The number of nitrogens with two attached hydrogens (primary N) is 2. The number of hydrogen-bond acceptors (Lipinski definition) is 6. The van der Waals surface area contributed by atoms with Crippen molar-refractivity contribution in [3.63, 3.8) is 0 Å². The third-order valence-electron chi connectivity index (χ3n) is 3.81. The second-order valence-electron chi connectivity index (χ2n) is 5.67. The van der Waals surface area contributed by atoms with E-state index in [4.69, 9.17) is 33.1 Å². The highest BCUT2D eigenvalue weighted by atomic mass is 35.5. The molecule has 0 aliphatic heterocycles. The summed E-state index contributed by atoms with van der Waals surface area (Å²) >= 11 is 6.36. The van der Waals surface area contributed by atoms with Crippen LogP contribution in [0.15, 0.2) is 42.5 Å². The topological polar surface area (TPSA) is 111 Å². The Balaban J connectivity index is 1.83. The number of rotatable bonds is 4. The molecule has 0 unspecified atom stereocenters. The lowest BCUT2D eigenvalue weighted by molar-refractivity contribution is 0.306. The molecule has 0 spiro atoms. The fourth-order valence-electron chi connectivity index (χ4n) is 2.64. The number of nitriles is 1. The molecule has 3 aromatic rings. The lowest BCUT2D eigenvalue weighted by Gasteiger charge is -2.12. The van der Waals surface area contributed by atoms with Gasteiger partial charge < -0.3 is 16.2 Å². The Morgan fingerprint density at radius 2 is 1.96 bits per heavy atom. The van der Waals surface area contributed by atoms with Gasteiger partial charge in [0.2, 0.25) is 5.95 Å². The lowest BCUT2D eigenvalue weighted by atomic mass is 10.0. The van der Waals surface area contributed by atoms with Gasteiger partial charge in [0.1, 0.15) is 18.2 Å². The minimum Gasteiger partial charge on any atom is -0.487 e. The molecule has 7 heteroatoms. The largest absolute Gasteiger partial charge is 0.487 e. The number of ether oxygens (including phenoxy) is 1. The van der Waals surface area contributed by atoms with Gasteiger partial charge in [0.15, 0.2) is 0 Å². The average molecular weight is 366 g/mol. The third kappa shape index (κ3) is 3.68. The van der Waals surface area contributed by atoms with E-state index >= 15 is 0 Å². The Morgan fingerprint density at radius 3 is 2.65 bits per heavy atom. The molecule has 0 saturated heterocycles. The van der Waals surface area contributed by atoms with Gasteiger partial charge in [-0.3, -0.25) is 0 Å². The molecule has 2 aromatic carbocycles. The molecule has 0 amide bonds. The van der Waals surface area contributed by atoms with Gasteiger partial charge in [0.25, 0.3) is 0 Å². The first-order valence-electron chi connectivity index (χ1n) is 7.79. The van der Waals surface area contributed by atoms with Crippen LogP contribution < -0.4 is 16.2 Å². The molecule has 0 aliphatic rings. The van der Waals surface area contributed by atoms with E-state index < -0.39 is 0 Å². The van der Waals surface area contributed by atoms with Crippen molar-refractivity contribution >= 4 is 23.4 Å². The Hall–Kier alpha value is -3.30. The van der Waals surface area contributed by atoms with Crippen LogP contribution in [0, 0.1) is 18.3 Å². The zero-order chi connectivity index (χ0) is 18.7. The number of hydrogen-bond donors (Lipinski definition) is 2. The van der Waals surface area contributed by atoms with E-state index in [2.05, 4.69) is 16.0 Å². The number of aryl methyl sites for hydroxylation is 1. The summed E-state index contributed by atoms with van der Waals surface area (Å²) in [7, 11) is 0. The second-order valence-corrected chi connectivity index (χ2v) is 6.08. The van der Waals surface area contributed by atoms with E-state index in [0.29, 0.717) is 40.0 Å². The number of benzene rings is 2. The van der Waals surface area contributed by atoms with Gasteiger partial charge in [0.05, 0.1) is 22.3 Å². The van der Waals surface area contributed by atoms with E-state index in [9.17, 15) is 0 Å². The molecule has 0 aliphatic carbocycles. The number of halogens is 1. The Kier molecular flexibility index (Phi) is 4.92. The van der Waals surface area contributed by atoms with Crippen molar-refractivity contribution in [3.8, 4) is 22.9 Å². The molecule has 1 heterocycles. The fraction of sp³-hybridized carbons (Fsp3) is 0.105. The van der Waals surface area contributed by atoms with E-state index in [-0.39, 0.29) is 5.95 Å². The lowest BCUT2D eigenvalue weighted by Crippen LogP contribution is -2.04. The Bertz CT molecular complexity index is 990. The van der Waals surface area contributed by atoms with Crippen molar-refractivity contribution in [2.24, 2.45) is 0 Å². The minimum absolute atomic E-state index is 0.134. The molecule has 1 aromatic heterocycles. The maximum atomic E-state index is 8.95. The van der Waals surface area contributed by atoms with Crippen molar-refractivity contribution < 1.29 is 4.74 Å². The summed E-state index contributed by atoms with van der Waals surface area (Å²) in [4.78, 5) is 8.14. The summed E-state index contributed by atoms with van der Waals surface area (Å²) in [5.41, 5.74) is 15.2. The molecule has 0 radical (unpaired) electrons. The summed E-state index contributed by atoms with van der Waals surface area (Å²) in [6.07, 6.45) is 0. The van der Waals surface area contributed by atoms with E-state index in [1.165, 1.54) is 0 Å². The Morgan fingerprint density at radius 1 is 1.15 bits per heavy atom. The average Bonchev–Trinajstić information content (AvgIpc) is 2.60. The number of anilines is 2. The molecular weight excluding hydrogens is 350 g/mol. The van der Waals surface area contributed by atoms with E-state index in [0.717, 1.165) is 11.1 Å². The zero-order valence-corrected chi connectivity index (χ0v) is 14.8. The highest BCUT2D eigenvalue weighted by molar-refractivity contribution is 6.32. The summed E-state index contributed by atoms with van der Waals surface area (Å²) in [6, 6.07) is 14.7. The van der Waals surface area contributed by atoms with Crippen LogP contribution in [0.2, 0.25) is 5.02 Å². The van der Waals surface area contributed by atoms with Crippen molar-refractivity contribution in [2.75, 3.05) is 11.5 Å². The van der Waals surface area contributed by atoms with E-state index in [1.54, 1.807) is 24.3 Å². The van der Waals surface area contributed by atoms with Crippen molar-refractivity contribution in [2.45, 2.75) is 13.5 Å². The van der Waals surface area contributed by atoms with Gasteiger partial charge in [-0.1, -0.05) is 29.8 Å². The first kappa shape index (κ1) is 17.5. The van der Waals surface area contributed by atoms with Crippen LogP contribution in [0.1, 0.15) is 16.8 Å². The van der Waals surface area contributed by atoms with Gasteiger partial charge in [-0.25, -0.2) is 4.98 Å². The van der Waals surface area contributed by atoms with Gasteiger partial charge >= 0.3 is 0 Å². The van der Waals surface area contributed by atoms with Crippen LogP contribution in [-0.2, 0) is 6.61 Å². The molecule has 0 fully saturated rings. The maximum Gasteiger partial charge on any atom is 0.222 e. The first-order chi connectivity index (χ1) is 12.5. The molecule has 0 atom stereocenters. The highest BCUT2D eigenvalue weighted by Gasteiger charge is 2.13. The Labute approximate surface area is 156 Å². The molecule has 26 heavy (non-hydrogen) atoms. The standard InChI is InChI=1S/C19H16ClN5O/c1-11-17(18(22)25-19(23)24-11)14-5-6-16(15(20)8-14)26-10-13-4-2-3-12(7-13)9-21/h2-8H,10H2,1H3,(H4,22,23,24,25). The quantitative estimate of drug-likeness (QED) is 0.728. The third-order valence-corrected chi connectivity index (χ3v) is 4.10. The fourth-order valence-corrected chi connectivity index (χ4v) is 2.87. The number of nitrogens with zero attached hydrogens (tertiary/aromatic N) is 3. The van der Waals surface area contributed by atoms with Crippen LogP contribution in [0.5, 0.6) is 5.75 Å². The van der Waals surface area contributed by atoms with Crippen molar-refractivity contribution in [1.29, 1.82) is 5.26 Å². The van der Waals surface area contributed by atoms with E-state index in [1.807, 2.05) is 25.1 Å². The summed E-state index contributed by atoms with van der Waals surface area (Å²) in [5.74, 6) is 0.966. The summed E-state index contributed by atoms with van der Waals surface area (Å²) < 4.78 is 5.77. The summed E-state index contributed by atoms with van der Waals surface area (Å²) in [6.45, 7) is 2.12. The monoisotopic (exact) mass is 365 g/mol.